The zero-order valence-corrected chi connectivity index (χ0v) is 16.9. The molecule has 152 valence electrons. The van der Waals surface area contributed by atoms with Gasteiger partial charge in [0.1, 0.15) is 12.4 Å². The van der Waals surface area contributed by atoms with Gasteiger partial charge < -0.3 is 19.9 Å². The number of aliphatic imine (C=N–C) groups is 1. The van der Waals surface area contributed by atoms with E-state index in [0.29, 0.717) is 13.2 Å². The van der Waals surface area contributed by atoms with Gasteiger partial charge in [0.05, 0.1) is 12.7 Å². The van der Waals surface area contributed by atoms with Crippen molar-refractivity contribution < 1.29 is 19.0 Å². The molecule has 0 unspecified atom stereocenters. The molecule has 1 saturated carbocycles. The average molecular weight is 387 g/mol. The number of carbonyl (C=O) groups is 1. The second kappa shape index (κ2) is 7.04. The fourth-order valence-electron chi connectivity index (χ4n) is 5.24. The molecule has 4 rings (SSSR count). The van der Waals surface area contributed by atoms with Crippen LogP contribution in [0.15, 0.2) is 23.2 Å². The minimum atomic E-state index is -0.958. The number of rotatable bonds is 5. The lowest BCUT2D eigenvalue weighted by atomic mass is 9.61. The predicted molar refractivity (Wildman–Crippen MR) is 105 cm³/mol. The van der Waals surface area contributed by atoms with E-state index >= 15 is 0 Å². The van der Waals surface area contributed by atoms with Gasteiger partial charge >= 0.3 is 0 Å². The van der Waals surface area contributed by atoms with Crippen molar-refractivity contribution in [3.8, 4) is 5.75 Å². The van der Waals surface area contributed by atoms with Crippen molar-refractivity contribution in [3.63, 3.8) is 0 Å². The molecule has 1 fully saturated rings. The maximum absolute atomic E-state index is 13.5. The minimum Gasteiger partial charge on any atom is -0.491 e. The van der Waals surface area contributed by atoms with E-state index < -0.39 is 5.54 Å². The molecule has 0 radical (unpaired) electrons. The van der Waals surface area contributed by atoms with Crippen LogP contribution in [0.5, 0.6) is 5.75 Å². The molecular weight excluding hydrogens is 358 g/mol. The van der Waals surface area contributed by atoms with Crippen LogP contribution in [0.2, 0.25) is 0 Å². The topological polar surface area (TPSA) is 86.4 Å². The lowest BCUT2D eigenvalue weighted by Crippen LogP contribution is -2.51. The van der Waals surface area contributed by atoms with Crippen molar-refractivity contribution in [2.45, 2.75) is 43.7 Å². The number of nitrogens with two attached hydrogens (primary N) is 1. The maximum atomic E-state index is 13.5. The minimum absolute atomic E-state index is 0.0336. The van der Waals surface area contributed by atoms with Crippen molar-refractivity contribution in [2.24, 2.45) is 16.1 Å². The van der Waals surface area contributed by atoms with Crippen LogP contribution in [0.25, 0.3) is 0 Å². The highest BCUT2D eigenvalue weighted by molar-refractivity contribution is 6.08. The summed E-state index contributed by atoms with van der Waals surface area (Å²) in [5.41, 5.74) is 7.03. The van der Waals surface area contributed by atoms with Crippen molar-refractivity contribution in [1.82, 2.24) is 4.90 Å². The number of hydrogen-bond acceptors (Lipinski definition) is 6. The average Bonchev–Trinajstić information content (AvgIpc) is 3.10. The summed E-state index contributed by atoms with van der Waals surface area (Å²) in [6.45, 7) is 0.972. The first-order valence-corrected chi connectivity index (χ1v) is 9.89. The van der Waals surface area contributed by atoms with Gasteiger partial charge in [0, 0.05) is 26.7 Å². The first-order chi connectivity index (χ1) is 13.5. The molecule has 7 heteroatoms. The molecule has 2 spiro atoms. The number of amides is 1. The van der Waals surface area contributed by atoms with Gasteiger partial charge in [-0.2, -0.15) is 0 Å². The van der Waals surface area contributed by atoms with Crippen molar-refractivity contribution in [2.75, 3.05) is 34.5 Å². The van der Waals surface area contributed by atoms with E-state index in [9.17, 15) is 4.79 Å². The molecule has 1 atom stereocenters. The predicted octanol–water partition coefficient (Wildman–Crippen LogP) is 1.83. The SMILES string of the molecule is COCCOc1ccc2c(c1)[C@@]1(N=C(N)N(C)C1=O)C1(CCC(OC)CC1)C2. The molecule has 1 aromatic carbocycles. The summed E-state index contributed by atoms with van der Waals surface area (Å²) in [4.78, 5) is 19.9. The molecular formula is C21H29N3O4. The van der Waals surface area contributed by atoms with Crippen LogP contribution in [0.4, 0.5) is 0 Å². The highest BCUT2D eigenvalue weighted by Gasteiger charge is 2.66. The van der Waals surface area contributed by atoms with Crippen LogP contribution in [-0.2, 0) is 26.2 Å². The lowest BCUT2D eigenvalue weighted by molar-refractivity contribution is -0.137. The zero-order valence-electron chi connectivity index (χ0n) is 16.9. The third kappa shape index (κ3) is 2.63. The van der Waals surface area contributed by atoms with E-state index in [-0.39, 0.29) is 23.4 Å². The van der Waals surface area contributed by atoms with Crippen LogP contribution in [-0.4, -0.2) is 57.4 Å². The van der Waals surface area contributed by atoms with Crippen LogP contribution in [0.1, 0.15) is 36.8 Å². The van der Waals surface area contributed by atoms with E-state index in [1.165, 1.54) is 4.90 Å². The number of fused-ring (bicyclic) bond motifs is 3. The number of guanidine groups is 1. The Balaban J connectivity index is 1.77. The summed E-state index contributed by atoms with van der Waals surface area (Å²) in [5.74, 6) is 0.986. The highest BCUT2D eigenvalue weighted by Crippen LogP contribution is 2.62. The molecule has 1 aromatic rings. The van der Waals surface area contributed by atoms with Gasteiger partial charge in [0.25, 0.3) is 5.91 Å². The van der Waals surface area contributed by atoms with Crippen LogP contribution < -0.4 is 10.5 Å². The van der Waals surface area contributed by atoms with Crippen molar-refractivity contribution >= 4 is 11.9 Å². The monoisotopic (exact) mass is 387 g/mol. The number of benzene rings is 1. The third-order valence-corrected chi connectivity index (χ3v) is 6.79. The maximum Gasteiger partial charge on any atom is 0.262 e. The van der Waals surface area contributed by atoms with Gasteiger partial charge in [-0.25, -0.2) is 4.99 Å². The number of likely N-dealkylation sites (N-methyl/N-ethyl adjacent to an activating group) is 1. The van der Waals surface area contributed by atoms with Gasteiger partial charge in [-0.05, 0) is 55.4 Å². The lowest BCUT2D eigenvalue weighted by Gasteiger charge is -2.45. The second-order valence-electron chi connectivity index (χ2n) is 8.10. The zero-order chi connectivity index (χ0) is 19.9. The normalized spacial score (nSPS) is 31.5. The van der Waals surface area contributed by atoms with Gasteiger partial charge in [-0.3, -0.25) is 9.69 Å². The highest BCUT2D eigenvalue weighted by atomic mass is 16.5. The van der Waals surface area contributed by atoms with E-state index in [2.05, 4.69) is 6.07 Å². The van der Waals surface area contributed by atoms with Gasteiger partial charge in [0.2, 0.25) is 0 Å². The largest absolute Gasteiger partial charge is 0.491 e. The molecule has 7 nitrogen and oxygen atoms in total. The summed E-state index contributed by atoms with van der Waals surface area (Å²) >= 11 is 0. The number of hydrogen-bond donors (Lipinski definition) is 1. The van der Waals surface area contributed by atoms with Crippen molar-refractivity contribution in [1.29, 1.82) is 0 Å². The third-order valence-electron chi connectivity index (χ3n) is 6.79. The first-order valence-electron chi connectivity index (χ1n) is 9.89. The molecule has 2 aliphatic carbocycles. The van der Waals surface area contributed by atoms with Crippen molar-refractivity contribution in [3.05, 3.63) is 29.3 Å². The Bertz CT molecular complexity index is 801. The Morgan fingerprint density at radius 3 is 2.61 bits per heavy atom. The Labute approximate surface area is 165 Å². The Morgan fingerprint density at radius 1 is 1.25 bits per heavy atom. The van der Waals surface area contributed by atoms with Gasteiger partial charge in [0.15, 0.2) is 11.5 Å². The number of methoxy groups -OCH3 is 2. The summed E-state index contributed by atoms with van der Waals surface area (Å²) in [7, 11) is 5.11. The molecule has 28 heavy (non-hydrogen) atoms. The van der Waals surface area contributed by atoms with Crippen LogP contribution in [0.3, 0.4) is 0 Å². The summed E-state index contributed by atoms with van der Waals surface area (Å²) in [5, 5.41) is 0. The summed E-state index contributed by atoms with van der Waals surface area (Å²) < 4.78 is 16.5. The second-order valence-corrected chi connectivity index (χ2v) is 8.10. The van der Waals surface area contributed by atoms with Crippen LogP contribution in [0, 0.1) is 5.41 Å². The quantitative estimate of drug-likeness (QED) is 0.779. The first kappa shape index (κ1) is 19.2. The Kier molecular flexibility index (Phi) is 4.83. The molecule has 1 heterocycles. The number of nitrogens with zero attached hydrogens (tertiary/aromatic N) is 2. The molecule has 2 N–H and O–H groups in total. The molecule has 0 aromatic heterocycles. The summed E-state index contributed by atoms with van der Waals surface area (Å²) in [6, 6.07) is 6.03. The Hall–Kier alpha value is -2.12. The standard InChI is InChI=1S/C21H29N3O4/c1-24-18(25)21(23-19(24)22)17-12-16(28-11-10-26-2)5-4-14(17)13-20(21)8-6-15(27-3)7-9-20/h4-5,12,15H,6-11,13H2,1-3H3,(H2,22,23)/t15?,20?,21-/m0/s1. The van der Waals surface area contributed by atoms with Gasteiger partial charge in [-0.1, -0.05) is 6.07 Å². The van der Waals surface area contributed by atoms with Crippen LogP contribution >= 0.6 is 0 Å². The summed E-state index contributed by atoms with van der Waals surface area (Å²) in [6.07, 6.45) is 4.70. The number of carbonyl (C=O) groups excluding carboxylic acids is 1. The Morgan fingerprint density at radius 2 is 2.00 bits per heavy atom. The number of ether oxygens (including phenoxy) is 3. The van der Waals surface area contributed by atoms with E-state index in [4.69, 9.17) is 24.9 Å². The van der Waals surface area contributed by atoms with E-state index in [0.717, 1.165) is 49.0 Å². The molecule has 0 saturated heterocycles. The molecule has 1 amide bonds. The molecule has 0 bridgehead atoms. The van der Waals surface area contributed by atoms with E-state index in [1.54, 1.807) is 21.3 Å². The smallest absolute Gasteiger partial charge is 0.262 e. The van der Waals surface area contributed by atoms with Gasteiger partial charge in [-0.15, -0.1) is 0 Å². The fraction of sp³-hybridized carbons (Fsp3) is 0.619. The van der Waals surface area contributed by atoms with E-state index in [1.807, 2.05) is 12.1 Å². The molecule has 3 aliphatic rings. The fourth-order valence-corrected chi connectivity index (χ4v) is 5.24. The molecule has 1 aliphatic heterocycles.